The van der Waals surface area contributed by atoms with E-state index in [1.807, 2.05) is 24.3 Å². The first-order chi connectivity index (χ1) is 12.3. The summed E-state index contributed by atoms with van der Waals surface area (Å²) in [4.78, 5) is 10.4. The van der Waals surface area contributed by atoms with E-state index in [0.717, 1.165) is 59.8 Å². The van der Waals surface area contributed by atoms with Gasteiger partial charge in [0.2, 0.25) is 0 Å². The summed E-state index contributed by atoms with van der Waals surface area (Å²) < 4.78 is 5.43. The largest absolute Gasteiger partial charge is 0.398 e. The molecule has 0 aliphatic carbocycles. The fourth-order valence-corrected chi connectivity index (χ4v) is 3.40. The number of anilines is 2. The zero-order valence-corrected chi connectivity index (χ0v) is 13.6. The number of imidazole rings is 1. The summed E-state index contributed by atoms with van der Waals surface area (Å²) in [5.41, 5.74) is 11.6. The summed E-state index contributed by atoms with van der Waals surface area (Å²) in [7, 11) is 0. The Kier molecular flexibility index (Phi) is 3.14. The number of nitrogens with one attached hydrogen (secondary N) is 2. The van der Waals surface area contributed by atoms with Crippen molar-refractivity contribution in [3.63, 3.8) is 0 Å². The maximum atomic E-state index is 6.13. The lowest BCUT2D eigenvalue weighted by molar-refractivity contribution is 0.122. The van der Waals surface area contributed by atoms with Gasteiger partial charge < -0.3 is 20.4 Å². The van der Waals surface area contributed by atoms with Crippen molar-refractivity contribution in [3.05, 3.63) is 36.4 Å². The van der Waals surface area contributed by atoms with Crippen LogP contribution in [0.3, 0.4) is 0 Å². The van der Waals surface area contributed by atoms with Gasteiger partial charge in [0.1, 0.15) is 5.69 Å². The number of rotatable bonds is 2. The number of fused-ring (bicyclic) bond motifs is 2. The number of aromatic nitrogens is 4. The number of nitrogen functional groups attached to an aromatic ring is 1. The number of hydrogen-bond acceptors (Lipinski definition) is 5. The van der Waals surface area contributed by atoms with E-state index in [9.17, 15) is 0 Å². The highest BCUT2D eigenvalue weighted by Crippen LogP contribution is 2.31. The van der Waals surface area contributed by atoms with Crippen LogP contribution in [-0.4, -0.2) is 46.5 Å². The molecule has 1 fully saturated rings. The zero-order chi connectivity index (χ0) is 16.8. The van der Waals surface area contributed by atoms with E-state index in [-0.39, 0.29) is 0 Å². The number of ether oxygens (including phenoxy) is 1. The molecule has 2 aromatic carbocycles. The molecule has 4 N–H and O–H groups in total. The first kappa shape index (κ1) is 14.3. The number of aromatic amines is 2. The molecule has 2 aromatic heterocycles. The molecule has 0 bridgehead atoms. The second-order valence-electron chi connectivity index (χ2n) is 6.23. The first-order valence-electron chi connectivity index (χ1n) is 8.35. The van der Waals surface area contributed by atoms with E-state index in [1.54, 1.807) is 0 Å². The Hall–Kier alpha value is -3.06. The molecule has 0 unspecified atom stereocenters. The Morgan fingerprint density at radius 1 is 1.08 bits per heavy atom. The zero-order valence-electron chi connectivity index (χ0n) is 13.6. The molecule has 4 aromatic rings. The van der Waals surface area contributed by atoms with Gasteiger partial charge >= 0.3 is 0 Å². The van der Waals surface area contributed by atoms with Gasteiger partial charge in [-0.15, -0.1) is 0 Å². The number of nitrogens with two attached hydrogens (primary N) is 1. The van der Waals surface area contributed by atoms with Crippen molar-refractivity contribution >= 4 is 33.3 Å². The van der Waals surface area contributed by atoms with Crippen LogP contribution in [0.1, 0.15) is 0 Å². The molecule has 0 spiro atoms. The molecule has 1 aliphatic rings. The molecule has 126 valence electrons. The quantitative estimate of drug-likeness (QED) is 0.490. The van der Waals surface area contributed by atoms with E-state index >= 15 is 0 Å². The van der Waals surface area contributed by atoms with Crippen molar-refractivity contribution in [2.24, 2.45) is 0 Å². The third kappa shape index (κ3) is 2.32. The van der Waals surface area contributed by atoms with Crippen LogP contribution < -0.4 is 10.6 Å². The Morgan fingerprint density at radius 3 is 2.84 bits per heavy atom. The third-order valence-corrected chi connectivity index (χ3v) is 4.69. The lowest BCUT2D eigenvalue weighted by Gasteiger charge is -2.28. The third-order valence-electron chi connectivity index (χ3n) is 4.69. The summed E-state index contributed by atoms with van der Waals surface area (Å²) in [5, 5.41) is 8.33. The number of morpholine rings is 1. The highest BCUT2D eigenvalue weighted by molar-refractivity contribution is 6.01. The van der Waals surface area contributed by atoms with Crippen LogP contribution in [0.5, 0.6) is 0 Å². The molecule has 0 atom stereocenters. The number of H-pyrrole nitrogens is 2. The van der Waals surface area contributed by atoms with Crippen LogP contribution >= 0.6 is 0 Å². The van der Waals surface area contributed by atoms with E-state index in [1.165, 1.54) is 5.69 Å². The maximum absolute atomic E-state index is 6.13. The monoisotopic (exact) mass is 334 g/mol. The maximum Gasteiger partial charge on any atom is 0.159 e. The molecular weight excluding hydrogens is 316 g/mol. The molecule has 25 heavy (non-hydrogen) atoms. The van der Waals surface area contributed by atoms with Gasteiger partial charge in [-0.25, -0.2) is 4.98 Å². The summed E-state index contributed by atoms with van der Waals surface area (Å²) in [6.45, 7) is 3.36. The first-order valence-corrected chi connectivity index (χ1v) is 8.35. The van der Waals surface area contributed by atoms with E-state index in [2.05, 4.69) is 32.2 Å². The smallest absolute Gasteiger partial charge is 0.159 e. The Morgan fingerprint density at radius 2 is 1.96 bits per heavy atom. The molecule has 1 saturated heterocycles. The van der Waals surface area contributed by atoms with E-state index in [4.69, 9.17) is 15.5 Å². The van der Waals surface area contributed by atoms with Crippen molar-refractivity contribution in [1.82, 2.24) is 20.2 Å². The highest BCUT2D eigenvalue weighted by Gasteiger charge is 2.16. The fourth-order valence-electron chi connectivity index (χ4n) is 3.40. The minimum atomic E-state index is 0.690. The van der Waals surface area contributed by atoms with Gasteiger partial charge in [-0.05, 0) is 30.3 Å². The molecule has 7 heteroatoms. The standard InChI is InChI=1S/C18H18N6O/c19-12-2-1-3-14-16(12)17(23-22-14)18-20-13-5-4-11(10-15(13)21-18)24-6-8-25-9-7-24/h1-5,10H,6-9,19H2,(H,20,21)(H,22,23). The van der Waals surface area contributed by atoms with Gasteiger partial charge in [-0.2, -0.15) is 5.10 Å². The van der Waals surface area contributed by atoms with Crippen LogP contribution in [0.4, 0.5) is 11.4 Å². The molecule has 1 aliphatic heterocycles. The van der Waals surface area contributed by atoms with Gasteiger partial charge in [0.05, 0.1) is 35.2 Å². The van der Waals surface area contributed by atoms with Crippen LogP contribution in [0.2, 0.25) is 0 Å². The van der Waals surface area contributed by atoms with Gasteiger partial charge in [0.15, 0.2) is 5.82 Å². The van der Waals surface area contributed by atoms with Crippen LogP contribution in [-0.2, 0) is 4.74 Å². The molecule has 0 radical (unpaired) electrons. The van der Waals surface area contributed by atoms with E-state index in [0.29, 0.717) is 5.69 Å². The van der Waals surface area contributed by atoms with Crippen LogP contribution in [0.25, 0.3) is 33.5 Å². The molecule has 0 saturated carbocycles. The normalized spacial score (nSPS) is 15.3. The summed E-state index contributed by atoms with van der Waals surface area (Å²) in [6.07, 6.45) is 0. The summed E-state index contributed by atoms with van der Waals surface area (Å²) in [5.74, 6) is 0.721. The molecule has 7 nitrogen and oxygen atoms in total. The Bertz CT molecular complexity index is 1060. The van der Waals surface area contributed by atoms with Crippen molar-refractivity contribution < 1.29 is 4.74 Å². The topological polar surface area (TPSA) is 95.8 Å². The van der Waals surface area contributed by atoms with Crippen LogP contribution in [0.15, 0.2) is 36.4 Å². The predicted molar refractivity (Wildman–Crippen MR) is 98.6 cm³/mol. The van der Waals surface area contributed by atoms with Crippen molar-refractivity contribution in [1.29, 1.82) is 0 Å². The number of benzene rings is 2. The SMILES string of the molecule is Nc1cccc2[nH]nc(-c3nc4ccc(N5CCOCC5)cc4[nH]3)c12. The van der Waals surface area contributed by atoms with Crippen molar-refractivity contribution in [2.45, 2.75) is 0 Å². The average molecular weight is 334 g/mol. The lowest BCUT2D eigenvalue weighted by atomic mass is 10.1. The molecule has 3 heterocycles. The fraction of sp³-hybridized carbons (Fsp3) is 0.222. The van der Waals surface area contributed by atoms with Gasteiger partial charge in [0, 0.05) is 24.5 Å². The van der Waals surface area contributed by atoms with Crippen LogP contribution in [0, 0.1) is 0 Å². The highest BCUT2D eigenvalue weighted by atomic mass is 16.5. The lowest BCUT2D eigenvalue weighted by Crippen LogP contribution is -2.36. The van der Waals surface area contributed by atoms with Crippen molar-refractivity contribution in [3.8, 4) is 11.5 Å². The number of nitrogens with zero attached hydrogens (tertiary/aromatic N) is 3. The molecule has 5 rings (SSSR count). The molecule has 0 amide bonds. The average Bonchev–Trinajstić information content (AvgIpc) is 3.26. The second kappa shape index (κ2) is 5.49. The van der Waals surface area contributed by atoms with E-state index < -0.39 is 0 Å². The predicted octanol–water partition coefficient (Wildman–Crippen LogP) is 2.53. The Labute approximate surface area is 143 Å². The number of hydrogen-bond donors (Lipinski definition) is 3. The minimum Gasteiger partial charge on any atom is -0.398 e. The summed E-state index contributed by atoms with van der Waals surface area (Å²) in [6, 6.07) is 12.0. The van der Waals surface area contributed by atoms with Gasteiger partial charge in [-0.1, -0.05) is 6.07 Å². The Balaban J connectivity index is 1.60. The van der Waals surface area contributed by atoms with Gasteiger partial charge in [0.25, 0.3) is 0 Å². The second-order valence-corrected chi connectivity index (χ2v) is 6.23. The van der Waals surface area contributed by atoms with Crippen molar-refractivity contribution in [2.75, 3.05) is 36.9 Å². The molecular formula is C18H18N6O. The van der Waals surface area contributed by atoms with Gasteiger partial charge in [-0.3, -0.25) is 5.10 Å². The minimum absolute atomic E-state index is 0.690. The summed E-state index contributed by atoms with van der Waals surface area (Å²) >= 11 is 0.